The van der Waals surface area contributed by atoms with Gasteiger partial charge < -0.3 is 10.6 Å². The summed E-state index contributed by atoms with van der Waals surface area (Å²) in [5.41, 5.74) is 6.76. The summed E-state index contributed by atoms with van der Waals surface area (Å²) >= 11 is 7.58. The zero-order valence-corrected chi connectivity index (χ0v) is 15.7. The highest BCUT2D eigenvalue weighted by Gasteiger charge is 2.37. The molecule has 0 unspecified atom stereocenters. The van der Waals surface area contributed by atoms with Crippen LogP contribution in [-0.2, 0) is 0 Å². The van der Waals surface area contributed by atoms with Crippen LogP contribution in [0.2, 0.25) is 5.02 Å². The van der Waals surface area contributed by atoms with E-state index in [0.717, 1.165) is 23.8 Å². The summed E-state index contributed by atoms with van der Waals surface area (Å²) in [6, 6.07) is 1.85. The van der Waals surface area contributed by atoms with Crippen LogP contribution in [0.4, 0.5) is 11.6 Å². The van der Waals surface area contributed by atoms with Gasteiger partial charge in [-0.25, -0.2) is 9.97 Å². The van der Waals surface area contributed by atoms with E-state index in [-0.39, 0.29) is 0 Å². The van der Waals surface area contributed by atoms with Crippen molar-refractivity contribution in [2.75, 3.05) is 23.7 Å². The zero-order chi connectivity index (χ0) is 17.3. The van der Waals surface area contributed by atoms with Crippen molar-refractivity contribution in [3.8, 4) is 0 Å². The van der Waals surface area contributed by atoms with E-state index in [4.69, 9.17) is 17.3 Å². The Hall–Kier alpha value is -1.53. The lowest BCUT2D eigenvalue weighted by Gasteiger charge is -2.39. The van der Waals surface area contributed by atoms with Crippen LogP contribution in [0.1, 0.15) is 38.5 Å². The van der Waals surface area contributed by atoms with E-state index in [1.807, 2.05) is 12.3 Å². The number of nitrogens with zero attached hydrogens (tertiary/aromatic N) is 4. The van der Waals surface area contributed by atoms with Gasteiger partial charge in [-0.15, -0.1) is 0 Å². The minimum atomic E-state index is 0.455. The van der Waals surface area contributed by atoms with Gasteiger partial charge in [0.15, 0.2) is 5.82 Å². The summed E-state index contributed by atoms with van der Waals surface area (Å²) in [4.78, 5) is 16.3. The number of aromatic nitrogens is 3. The molecule has 0 aromatic carbocycles. The Morgan fingerprint density at radius 3 is 2.56 bits per heavy atom. The highest BCUT2D eigenvalue weighted by Crippen LogP contribution is 2.46. The Morgan fingerprint density at radius 2 is 1.88 bits per heavy atom. The Morgan fingerprint density at radius 1 is 1.12 bits per heavy atom. The van der Waals surface area contributed by atoms with Crippen LogP contribution in [0.25, 0.3) is 0 Å². The molecule has 1 spiro atoms. The number of anilines is 2. The average molecular weight is 376 g/mol. The number of nitrogens with two attached hydrogens (primary N) is 1. The Bertz CT molecular complexity index is 753. The minimum Gasteiger partial charge on any atom is -0.381 e. The van der Waals surface area contributed by atoms with E-state index < -0.39 is 0 Å². The van der Waals surface area contributed by atoms with Crippen molar-refractivity contribution in [2.45, 2.75) is 48.4 Å². The van der Waals surface area contributed by atoms with Crippen LogP contribution in [0.5, 0.6) is 0 Å². The highest BCUT2D eigenvalue weighted by atomic mass is 35.5. The van der Waals surface area contributed by atoms with Crippen molar-refractivity contribution >= 4 is 35.0 Å². The topological polar surface area (TPSA) is 67.9 Å². The van der Waals surface area contributed by atoms with Crippen molar-refractivity contribution in [2.24, 2.45) is 5.41 Å². The number of nitrogen functional groups attached to an aromatic ring is 1. The van der Waals surface area contributed by atoms with Crippen LogP contribution in [0.15, 0.2) is 34.6 Å². The van der Waals surface area contributed by atoms with Gasteiger partial charge in [0.2, 0.25) is 0 Å². The molecule has 0 bridgehead atoms. The van der Waals surface area contributed by atoms with E-state index in [2.05, 4.69) is 19.9 Å². The van der Waals surface area contributed by atoms with Gasteiger partial charge in [-0.1, -0.05) is 36.2 Å². The molecule has 25 heavy (non-hydrogen) atoms. The molecular weight excluding hydrogens is 354 g/mol. The van der Waals surface area contributed by atoms with Crippen LogP contribution in [0, 0.1) is 5.41 Å². The van der Waals surface area contributed by atoms with Gasteiger partial charge in [0, 0.05) is 30.4 Å². The van der Waals surface area contributed by atoms with Crippen molar-refractivity contribution in [3.05, 3.63) is 29.7 Å². The summed E-state index contributed by atoms with van der Waals surface area (Å²) in [5.74, 6) is 1.34. The summed E-state index contributed by atoms with van der Waals surface area (Å²) in [5, 5.41) is 1.27. The maximum Gasteiger partial charge on any atom is 0.158 e. The van der Waals surface area contributed by atoms with Crippen LogP contribution < -0.4 is 10.6 Å². The number of rotatable bonds is 3. The molecule has 132 valence electrons. The van der Waals surface area contributed by atoms with Gasteiger partial charge in [-0.05, 0) is 37.2 Å². The fourth-order valence-corrected chi connectivity index (χ4v) is 4.98. The third kappa shape index (κ3) is 3.55. The molecule has 2 aromatic rings. The smallest absolute Gasteiger partial charge is 0.158 e. The van der Waals surface area contributed by atoms with Crippen molar-refractivity contribution in [1.82, 2.24) is 15.0 Å². The van der Waals surface area contributed by atoms with Gasteiger partial charge in [0.1, 0.15) is 10.8 Å². The first-order valence-corrected chi connectivity index (χ1v) is 10.00. The van der Waals surface area contributed by atoms with Gasteiger partial charge in [0.05, 0.1) is 11.2 Å². The molecule has 2 aliphatic rings. The molecular formula is C18H22ClN5S. The normalized spacial score (nSPS) is 19.5. The molecule has 0 amide bonds. The summed E-state index contributed by atoms with van der Waals surface area (Å²) < 4.78 is 0. The predicted molar refractivity (Wildman–Crippen MR) is 102 cm³/mol. The molecule has 2 fully saturated rings. The molecule has 1 saturated carbocycles. The fourth-order valence-electron chi connectivity index (χ4n) is 4.00. The quantitative estimate of drug-likeness (QED) is 0.856. The highest BCUT2D eigenvalue weighted by molar-refractivity contribution is 7.99. The van der Waals surface area contributed by atoms with Gasteiger partial charge in [0.25, 0.3) is 0 Å². The first-order chi connectivity index (χ1) is 12.2. The zero-order valence-electron chi connectivity index (χ0n) is 14.1. The second-order valence-corrected chi connectivity index (χ2v) is 8.46. The third-order valence-corrected chi connectivity index (χ3v) is 7.00. The van der Waals surface area contributed by atoms with Gasteiger partial charge in [-0.3, -0.25) is 4.98 Å². The van der Waals surface area contributed by atoms with Gasteiger partial charge in [-0.2, -0.15) is 0 Å². The maximum atomic E-state index is 6.16. The second-order valence-electron chi connectivity index (χ2n) is 7.02. The van der Waals surface area contributed by atoms with Crippen LogP contribution in [-0.4, -0.2) is 28.0 Å². The molecule has 4 rings (SSSR count). The average Bonchev–Trinajstić information content (AvgIpc) is 3.07. The van der Waals surface area contributed by atoms with E-state index in [0.29, 0.717) is 21.3 Å². The summed E-state index contributed by atoms with van der Waals surface area (Å²) in [7, 11) is 0. The number of pyridine rings is 1. The number of piperidine rings is 1. The van der Waals surface area contributed by atoms with Crippen molar-refractivity contribution < 1.29 is 0 Å². The lowest BCUT2D eigenvalue weighted by molar-refractivity contribution is 0.226. The Balaban J connectivity index is 1.46. The third-order valence-electron chi connectivity index (χ3n) is 5.51. The van der Waals surface area contributed by atoms with E-state index in [9.17, 15) is 0 Å². The van der Waals surface area contributed by atoms with Crippen LogP contribution >= 0.6 is 23.4 Å². The summed E-state index contributed by atoms with van der Waals surface area (Å²) in [6.45, 7) is 2.10. The predicted octanol–water partition coefficient (Wildman–Crippen LogP) is 4.42. The lowest BCUT2D eigenvalue weighted by atomic mass is 9.77. The van der Waals surface area contributed by atoms with Gasteiger partial charge >= 0.3 is 0 Å². The lowest BCUT2D eigenvalue weighted by Crippen LogP contribution is -2.39. The standard InChI is InChI=1S/C18H22ClN5S/c19-13-11-21-8-3-14(13)25-17-16(20)23-15(12-22-17)24-9-6-18(7-10-24)4-1-2-5-18/h3,8,11-12H,1-2,4-7,9-10H2,(H2,20,23). The second kappa shape index (κ2) is 7.00. The molecule has 5 nitrogen and oxygen atoms in total. The minimum absolute atomic E-state index is 0.455. The van der Waals surface area contributed by atoms with Crippen LogP contribution in [0.3, 0.4) is 0 Å². The molecule has 1 aliphatic heterocycles. The molecule has 0 atom stereocenters. The Labute approximate surface area is 157 Å². The number of halogens is 1. The molecule has 2 aromatic heterocycles. The molecule has 2 N–H and O–H groups in total. The van der Waals surface area contributed by atoms with E-state index in [1.54, 1.807) is 12.4 Å². The van der Waals surface area contributed by atoms with Crippen molar-refractivity contribution in [3.63, 3.8) is 0 Å². The first kappa shape index (κ1) is 16.9. The first-order valence-electron chi connectivity index (χ1n) is 8.80. The molecule has 0 radical (unpaired) electrons. The number of hydrogen-bond acceptors (Lipinski definition) is 6. The van der Waals surface area contributed by atoms with E-state index >= 15 is 0 Å². The Kier molecular flexibility index (Phi) is 4.73. The monoisotopic (exact) mass is 375 g/mol. The van der Waals surface area contributed by atoms with Crippen molar-refractivity contribution in [1.29, 1.82) is 0 Å². The maximum absolute atomic E-state index is 6.16. The molecule has 7 heteroatoms. The van der Waals surface area contributed by atoms with E-state index in [1.165, 1.54) is 50.3 Å². The fraction of sp³-hybridized carbons (Fsp3) is 0.500. The number of hydrogen-bond donors (Lipinski definition) is 1. The molecule has 3 heterocycles. The molecule has 1 saturated heterocycles. The SMILES string of the molecule is Nc1nc(N2CCC3(CCCC3)CC2)cnc1Sc1ccncc1Cl. The largest absolute Gasteiger partial charge is 0.381 e. The molecule has 1 aliphatic carbocycles. The summed E-state index contributed by atoms with van der Waals surface area (Å²) in [6.07, 6.45) is 13.3.